The first-order valence-corrected chi connectivity index (χ1v) is 5.61. The molecule has 3 nitrogen and oxygen atoms in total. The minimum absolute atomic E-state index is 0.735. The number of nitrogens with one attached hydrogen (secondary N) is 1. The van der Waals surface area contributed by atoms with Crippen LogP contribution in [-0.4, -0.2) is 19.8 Å². The van der Waals surface area contributed by atoms with Gasteiger partial charge in [-0.3, -0.25) is 0 Å². The van der Waals surface area contributed by atoms with E-state index in [9.17, 15) is 0 Å². The minimum atomic E-state index is 0.735. The smallest absolute Gasteiger partial charge is 0.102 e. The molecular weight excluding hydrogens is 200 g/mol. The summed E-state index contributed by atoms with van der Waals surface area (Å²) in [7, 11) is 0. The molecule has 0 fully saturated rings. The summed E-state index contributed by atoms with van der Waals surface area (Å²) in [6.07, 6.45) is 0.951. The summed E-state index contributed by atoms with van der Waals surface area (Å²) < 4.78 is 5.25. The van der Waals surface area contributed by atoms with Crippen molar-refractivity contribution in [1.82, 2.24) is 0 Å². The van der Waals surface area contributed by atoms with Crippen molar-refractivity contribution < 1.29 is 4.74 Å². The van der Waals surface area contributed by atoms with Gasteiger partial charge in [0.15, 0.2) is 0 Å². The van der Waals surface area contributed by atoms with Gasteiger partial charge in [0.1, 0.15) is 6.07 Å². The molecule has 86 valence electrons. The molecule has 0 atom stereocenters. The highest BCUT2D eigenvalue weighted by Gasteiger charge is 2.03. The van der Waals surface area contributed by atoms with Crippen LogP contribution in [0.15, 0.2) is 18.2 Å². The number of hydrogen-bond acceptors (Lipinski definition) is 3. The quantitative estimate of drug-likeness (QED) is 0.747. The Bertz CT molecular complexity index is 369. The van der Waals surface area contributed by atoms with Crippen LogP contribution in [0.25, 0.3) is 0 Å². The minimum Gasteiger partial charge on any atom is -0.384 e. The van der Waals surface area contributed by atoms with Crippen LogP contribution in [0.2, 0.25) is 0 Å². The van der Waals surface area contributed by atoms with E-state index in [0.717, 1.165) is 43.0 Å². The molecule has 0 amide bonds. The molecule has 0 spiro atoms. The van der Waals surface area contributed by atoms with Gasteiger partial charge in [0.2, 0.25) is 0 Å². The number of hydrogen-bond donors (Lipinski definition) is 1. The largest absolute Gasteiger partial charge is 0.384 e. The Morgan fingerprint density at radius 1 is 1.44 bits per heavy atom. The van der Waals surface area contributed by atoms with Crippen molar-refractivity contribution in [3.63, 3.8) is 0 Å². The summed E-state index contributed by atoms with van der Waals surface area (Å²) in [5.74, 6) is 0. The van der Waals surface area contributed by atoms with Crippen LogP contribution < -0.4 is 5.32 Å². The van der Waals surface area contributed by atoms with Crippen LogP contribution in [-0.2, 0) is 4.74 Å². The molecule has 0 aliphatic carbocycles. The number of ether oxygens (including phenoxy) is 1. The molecule has 1 N–H and O–H groups in total. The molecule has 0 radical (unpaired) electrons. The van der Waals surface area contributed by atoms with Crippen molar-refractivity contribution in [1.29, 1.82) is 5.26 Å². The van der Waals surface area contributed by atoms with E-state index in [1.165, 1.54) is 0 Å². The molecule has 0 unspecified atom stereocenters. The first-order valence-electron chi connectivity index (χ1n) is 5.61. The van der Waals surface area contributed by atoms with Crippen LogP contribution >= 0.6 is 0 Å². The SMILES string of the molecule is CCOCCCNc1cccc(C)c1C#N. The molecule has 1 aromatic rings. The average molecular weight is 218 g/mol. The second kappa shape index (κ2) is 6.86. The van der Waals surface area contributed by atoms with E-state index in [1.54, 1.807) is 0 Å². The standard InChI is InChI=1S/C13H18N2O/c1-3-16-9-5-8-15-13-7-4-6-11(2)12(13)10-14/h4,6-7,15H,3,5,8-9H2,1-2H3. The first-order chi connectivity index (χ1) is 7.79. The van der Waals surface area contributed by atoms with Gasteiger partial charge in [0.25, 0.3) is 0 Å². The lowest BCUT2D eigenvalue weighted by Gasteiger charge is -2.09. The maximum Gasteiger partial charge on any atom is 0.102 e. The Balaban J connectivity index is 2.48. The summed E-state index contributed by atoms with van der Waals surface area (Å²) in [6.45, 7) is 6.29. The lowest BCUT2D eigenvalue weighted by molar-refractivity contribution is 0.147. The summed E-state index contributed by atoms with van der Waals surface area (Å²) in [5.41, 5.74) is 2.66. The zero-order chi connectivity index (χ0) is 11.8. The van der Waals surface area contributed by atoms with Crippen LogP contribution in [0.1, 0.15) is 24.5 Å². The van der Waals surface area contributed by atoms with E-state index < -0.39 is 0 Å². The molecule has 0 aliphatic heterocycles. The number of rotatable bonds is 6. The normalized spacial score (nSPS) is 9.81. The van der Waals surface area contributed by atoms with Gasteiger partial charge in [-0.2, -0.15) is 5.26 Å². The lowest BCUT2D eigenvalue weighted by Crippen LogP contribution is -2.07. The Hall–Kier alpha value is -1.53. The van der Waals surface area contributed by atoms with Crippen LogP contribution in [0.4, 0.5) is 5.69 Å². The topological polar surface area (TPSA) is 45.0 Å². The van der Waals surface area contributed by atoms with E-state index >= 15 is 0 Å². The fourth-order valence-corrected chi connectivity index (χ4v) is 1.51. The molecule has 0 saturated carbocycles. The lowest BCUT2D eigenvalue weighted by atomic mass is 10.1. The van der Waals surface area contributed by atoms with Gasteiger partial charge in [-0.05, 0) is 31.9 Å². The number of nitrogens with zero attached hydrogens (tertiary/aromatic N) is 1. The van der Waals surface area contributed by atoms with E-state index in [-0.39, 0.29) is 0 Å². The molecule has 0 heterocycles. The maximum atomic E-state index is 9.03. The third kappa shape index (κ3) is 3.56. The van der Waals surface area contributed by atoms with Gasteiger partial charge in [-0.1, -0.05) is 12.1 Å². The molecule has 3 heteroatoms. The molecule has 16 heavy (non-hydrogen) atoms. The van der Waals surface area contributed by atoms with Gasteiger partial charge in [0.05, 0.1) is 11.3 Å². The Kier molecular flexibility index (Phi) is 5.38. The second-order valence-electron chi connectivity index (χ2n) is 3.59. The summed E-state index contributed by atoms with van der Waals surface area (Å²) in [6, 6.07) is 8.07. The van der Waals surface area contributed by atoms with Gasteiger partial charge < -0.3 is 10.1 Å². The second-order valence-corrected chi connectivity index (χ2v) is 3.59. The van der Waals surface area contributed by atoms with Crippen molar-refractivity contribution >= 4 is 5.69 Å². The van der Waals surface area contributed by atoms with Crippen molar-refractivity contribution in [3.8, 4) is 6.07 Å². The van der Waals surface area contributed by atoms with Crippen LogP contribution in [0.3, 0.4) is 0 Å². The highest BCUT2D eigenvalue weighted by atomic mass is 16.5. The van der Waals surface area contributed by atoms with Crippen molar-refractivity contribution in [2.75, 3.05) is 25.1 Å². The molecule has 1 aromatic carbocycles. The monoisotopic (exact) mass is 218 g/mol. The van der Waals surface area contributed by atoms with E-state index in [2.05, 4.69) is 11.4 Å². The summed E-state index contributed by atoms with van der Waals surface area (Å²) in [4.78, 5) is 0. The average Bonchev–Trinajstić information content (AvgIpc) is 2.29. The highest BCUT2D eigenvalue weighted by Crippen LogP contribution is 2.17. The van der Waals surface area contributed by atoms with Gasteiger partial charge >= 0.3 is 0 Å². The molecule has 0 aromatic heterocycles. The fraction of sp³-hybridized carbons (Fsp3) is 0.462. The van der Waals surface area contributed by atoms with E-state index in [4.69, 9.17) is 10.00 Å². The number of benzene rings is 1. The van der Waals surface area contributed by atoms with E-state index in [0.29, 0.717) is 0 Å². The van der Waals surface area contributed by atoms with E-state index in [1.807, 2.05) is 32.0 Å². The Morgan fingerprint density at radius 3 is 2.94 bits per heavy atom. The van der Waals surface area contributed by atoms with Crippen molar-refractivity contribution in [2.24, 2.45) is 0 Å². The highest BCUT2D eigenvalue weighted by molar-refractivity contribution is 5.60. The van der Waals surface area contributed by atoms with Crippen LogP contribution in [0.5, 0.6) is 0 Å². The fourth-order valence-electron chi connectivity index (χ4n) is 1.51. The molecule has 1 rings (SSSR count). The third-order valence-electron chi connectivity index (χ3n) is 2.37. The zero-order valence-corrected chi connectivity index (χ0v) is 9.92. The number of anilines is 1. The summed E-state index contributed by atoms with van der Waals surface area (Å²) >= 11 is 0. The van der Waals surface area contributed by atoms with Gasteiger partial charge in [-0.25, -0.2) is 0 Å². The predicted octanol–water partition coefficient (Wildman–Crippen LogP) is 2.71. The Morgan fingerprint density at radius 2 is 2.25 bits per heavy atom. The molecule has 0 bridgehead atoms. The molecule has 0 aliphatic rings. The van der Waals surface area contributed by atoms with Crippen LogP contribution in [0, 0.1) is 18.3 Å². The molecule has 0 saturated heterocycles. The third-order valence-corrected chi connectivity index (χ3v) is 2.37. The first kappa shape index (κ1) is 12.5. The van der Waals surface area contributed by atoms with Crippen molar-refractivity contribution in [3.05, 3.63) is 29.3 Å². The van der Waals surface area contributed by atoms with Gasteiger partial charge in [-0.15, -0.1) is 0 Å². The maximum absolute atomic E-state index is 9.03. The molecular formula is C13H18N2O. The Labute approximate surface area is 97.0 Å². The summed E-state index contributed by atoms with van der Waals surface area (Å²) in [5, 5.41) is 12.3. The zero-order valence-electron chi connectivity index (χ0n) is 9.92. The number of nitriles is 1. The van der Waals surface area contributed by atoms with Gasteiger partial charge in [0, 0.05) is 19.8 Å². The predicted molar refractivity (Wildman–Crippen MR) is 65.5 cm³/mol. The number of aryl methyl sites for hydroxylation is 1. The van der Waals surface area contributed by atoms with Crippen molar-refractivity contribution in [2.45, 2.75) is 20.3 Å².